The lowest BCUT2D eigenvalue weighted by atomic mass is 9.79. The highest BCUT2D eigenvalue weighted by molar-refractivity contribution is 5.96. The molecule has 1 aliphatic rings. The number of amidine groups is 1. The van der Waals surface area contributed by atoms with Gasteiger partial charge in [0.15, 0.2) is 0 Å². The second-order valence-electron chi connectivity index (χ2n) is 6.16. The third kappa shape index (κ3) is 3.01. The van der Waals surface area contributed by atoms with Crippen LogP contribution in [0.2, 0.25) is 0 Å². The van der Waals surface area contributed by atoms with Crippen molar-refractivity contribution in [2.24, 2.45) is 16.3 Å². The number of benzene rings is 1. The molecule has 5 heteroatoms. The summed E-state index contributed by atoms with van der Waals surface area (Å²) in [6.45, 7) is 7.17. The summed E-state index contributed by atoms with van der Waals surface area (Å²) in [5.41, 5.74) is 8.28. The fourth-order valence-electron chi connectivity index (χ4n) is 2.72. The van der Waals surface area contributed by atoms with Gasteiger partial charge in [0.2, 0.25) is 0 Å². The molecule has 114 valence electrons. The van der Waals surface area contributed by atoms with Gasteiger partial charge in [0.05, 0.1) is 0 Å². The van der Waals surface area contributed by atoms with E-state index in [1.807, 2.05) is 43.9 Å². The van der Waals surface area contributed by atoms with Gasteiger partial charge < -0.3 is 15.8 Å². The lowest BCUT2D eigenvalue weighted by molar-refractivity contribution is 0.0665. The van der Waals surface area contributed by atoms with Crippen LogP contribution in [0.5, 0.6) is 0 Å². The van der Waals surface area contributed by atoms with Crippen molar-refractivity contribution in [2.45, 2.75) is 33.6 Å². The predicted octanol–water partition coefficient (Wildman–Crippen LogP) is 2.29. The van der Waals surface area contributed by atoms with Crippen molar-refractivity contribution in [3.63, 3.8) is 0 Å². The maximum atomic E-state index is 12.6. The molecule has 0 unspecified atom stereocenters. The normalized spacial score (nSPS) is 18.6. The van der Waals surface area contributed by atoms with Gasteiger partial charge in [-0.2, -0.15) is 0 Å². The van der Waals surface area contributed by atoms with E-state index in [9.17, 15) is 4.79 Å². The zero-order valence-corrected chi connectivity index (χ0v) is 12.9. The summed E-state index contributed by atoms with van der Waals surface area (Å²) >= 11 is 0. The van der Waals surface area contributed by atoms with Gasteiger partial charge in [0.25, 0.3) is 5.91 Å². The molecule has 1 saturated heterocycles. The summed E-state index contributed by atoms with van der Waals surface area (Å²) in [5.74, 6) is 0.319. The molecule has 1 heterocycles. The molecule has 1 amide bonds. The van der Waals surface area contributed by atoms with Crippen molar-refractivity contribution < 1.29 is 10.0 Å². The molecule has 0 spiro atoms. The number of rotatable bonds is 2. The number of amides is 1. The monoisotopic (exact) mass is 289 g/mol. The summed E-state index contributed by atoms with van der Waals surface area (Å²) in [4.78, 5) is 14.5. The third-order valence-corrected chi connectivity index (χ3v) is 4.50. The van der Waals surface area contributed by atoms with Gasteiger partial charge in [-0.15, -0.1) is 0 Å². The Balaban J connectivity index is 2.12. The summed E-state index contributed by atoms with van der Waals surface area (Å²) in [5, 5.41) is 12.0. The van der Waals surface area contributed by atoms with Crippen LogP contribution in [0, 0.1) is 19.3 Å². The minimum Gasteiger partial charge on any atom is -0.409 e. The average Bonchev–Trinajstić information content (AvgIpc) is 2.49. The molecule has 2 rings (SSSR count). The van der Waals surface area contributed by atoms with Crippen molar-refractivity contribution in [1.82, 2.24) is 4.90 Å². The van der Waals surface area contributed by atoms with E-state index >= 15 is 0 Å². The summed E-state index contributed by atoms with van der Waals surface area (Å²) in [6, 6.07) is 5.93. The Morgan fingerprint density at radius 3 is 2.52 bits per heavy atom. The predicted molar refractivity (Wildman–Crippen MR) is 82.6 cm³/mol. The third-order valence-electron chi connectivity index (χ3n) is 4.50. The van der Waals surface area contributed by atoms with Crippen LogP contribution in [-0.4, -0.2) is 34.9 Å². The number of piperidine rings is 1. The SMILES string of the molecule is Cc1ccc(C)c(C(=O)N2CCC(C)(/C(N)=N/O)CC2)c1. The van der Waals surface area contributed by atoms with E-state index in [4.69, 9.17) is 10.9 Å². The lowest BCUT2D eigenvalue weighted by Gasteiger charge is -2.38. The summed E-state index contributed by atoms with van der Waals surface area (Å²) in [7, 11) is 0. The number of oxime groups is 1. The number of nitrogens with zero attached hydrogens (tertiary/aromatic N) is 2. The van der Waals surface area contributed by atoms with Crippen molar-refractivity contribution in [3.05, 3.63) is 34.9 Å². The molecular formula is C16H23N3O2. The molecule has 1 fully saturated rings. The Morgan fingerprint density at radius 1 is 1.33 bits per heavy atom. The maximum Gasteiger partial charge on any atom is 0.254 e. The average molecular weight is 289 g/mol. The number of carbonyl (C=O) groups is 1. The fraction of sp³-hybridized carbons (Fsp3) is 0.500. The van der Waals surface area contributed by atoms with Gasteiger partial charge in [0.1, 0.15) is 5.84 Å². The smallest absolute Gasteiger partial charge is 0.254 e. The van der Waals surface area contributed by atoms with Crippen LogP contribution in [-0.2, 0) is 0 Å². The first-order valence-electron chi connectivity index (χ1n) is 7.22. The summed E-state index contributed by atoms with van der Waals surface area (Å²) < 4.78 is 0. The van der Waals surface area contributed by atoms with Gasteiger partial charge in [-0.3, -0.25) is 4.79 Å². The molecule has 1 aromatic rings. The minimum atomic E-state index is -0.326. The molecule has 0 bridgehead atoms. The van der Waals surface area contributed by atoms with Crippen molar-refractivity contribution in [3.8, 4) is 0 Å². The second kappa shape index (κ2) is 5.76. The van der Waals surface area contributed by atoms with E-state index < -0.39 is 0 Å². The Morgan fingerprint density at radius 2 is 1.95 bits per heavy atom. The van der Waals surface area contributed by atoms with E-state index in [0.717, 1.165) is 16.7 Å². The van der Waals surface area contributed by atoms with E-state index in [1.165, 1.54) is 0 Å². The molecule has 5 nitrogen and oxygen atoms in total. The van der Waals surface area contributed by atoms with Crippen LogP contribution in [0.3, 0.4) is 0 Å². The Hall–Kier alpha value is -2.04. The first-order chi connectivity index (χ1) is 9.87. The fourth-order valence-corrected chi connectivity index (χ4v) is 2.72. The van der Waals surface area contributed by atoms with Gasteiger partial charge >= 0.3 is 0 Å². The molecule has 21 heavy (non-hydrogen) atoms. The molecular weight excluding hydrogens is 266 g/mol. The van der Waals surface area contributed by atoms with Crippen LogP contribution in [0.4, 0.5) is 0 Å². The van der Waals surface area contributed by atoms with Crippen molar-refractivity contribution >= 4 is 11.7 Å². The highest BCUT2D eigenvalue weighted by Gasteiger charge is 2.35. The number of hydrogen-bond acceptors (Lipinski definition) is 3. The van der Waals surface area contributed by atoms with Gasteiger partial charge in [-0.25, -0.2) is 0 Å². The first kappa shape index (κ1) is 15.4. The number of hydrogen-bond donors (Lipinski definition) is 2. The number of aryl methyl sites for hydroxylation is 2. The first-order valence-corrected chi connectivity index (χ1v) is 7.22. The Bertz CT molecular complexity index is 573. The molecule has 0 saturated carbocycles. The number of likely N-dealkylation sites (tertiary alicyclic amines) is 1. The highest BCUT2D eigenvalue weighted by atomic mass is 16.4. The van der Waals surface area contributed by atoms with Crippen molar-refractivity contribution in [1.29, 1.82) is 0 Å². The molecule has 0 atom stereocenters. The molecule has 0 aliphatic carbocycles. The lowest BCUT2D eigenvalue weighted by Crippen LogP contribution is -2.47. The molecule has 0 radical (unpaired) electrons. The van der Waals surface area contributed by atoms with E-state index in [0.29, 0.717) is 25.9 Å². The quantitative estimate of drug-likeness (QED) is 0.379. The molecule has 0 aromatic heterocycles. The van der Waals surface area contributed by atoms with Gasteiger partial charge in [0, 0.05) is 24.1 Å². The van der Waals surface area contributed by atoms with Crippen molar-refractivity contribution in [2.75, 3.05) is 13.1 Å². The Labute approximate surface area is 125 Å². The highest BCUT2D eigenvalue weighted by Crippen LogP contribution is 2.31. The zero-order valence-electron chi connectivity index (χ0n) is 12.9. The number of carbonyl (C=O) groups excluding carboxylic acids is 1. The molecule has 1 aliphatic heterocycles. The largest absolute Gasteiger partial charge is 0.409 e. The minimum absolute atomic E-state index is 0.0674. The topological polar surface area (TPSA) is 78.9 Å². The van der Waals surface area contributed by atoms with E-state index in [1.54, 1.807) is 0 Å². The number of nitrogens with two attached hydrogens (primary N) is 1. The van der Waals surface area contributed by atoms with E-state index in [-0.39, 0.29) is 17.2 Å². The molecule has 1 aromatic carbocycles. The van der Waals surface area contributed by atoms with Gasteiger partial charge in [-0.1, -0.05) is 29.8 Å². The van der Waals surface area contributed by atoms with Crippen LogP contribution < -0.4 is 5.73 Å². The van der Waals surface area contributed by atoms with Gasteiger partial charge in [-0.05, 0) is 38.3 Å². The standard InChI is InChI=1S/C16H23N3O2/c1-11-4-5-12(2)13(10-11)14(20)19-8-6-16(3,7-9-19)15(17)18-21/h4-5,10,21H,6-9H2,1-3H3,(H2,17,18). The zero-order chi connectivity index (χ0) is 15.6. The second-order valence-corrected chi connectivity index (χ2v) is 6.16. The van der Waals surface area contributed by atoms with Crippen LogP contribution in [0.15, 0.2) is 23.4 Å². The Kier molecular flexibility index (Phi) is 4.21. The van der Waals surface area contributed by atoms with Crippen LogP contribution >= 0.6 is 0 Å². The van der Waals surface area contributed by atoms with Crippen LogP contribution in [0.25, 0.3) is 0 Å². The van der Waals surface area contributed by atoms with Crippen LogP contribution in [0.1, 0.15) is 41.3 Å². The summed E-state index contributed by atoms with van der Waals surface area (Å²) in [6.07, 6.45) is 1.42. The maximum absolute atomic E-state index is 12.6. The van der Waals surface area contributed by atoms with E-state index in [2.05, 4.69) is 5.16 Å². The molecule has 3 N–H and O–H groups in total.